The summed E-state index contributed by atoms with van der Waals surface area (Å²) >= 11 is 7.37. The number of carboxylic acids is 1. The molecule has 0 aliphatic heterocycles. The number of carbonyl (C=O) groups is 2. The minimum atomic E-state index is -1.02. The van der Waals surface area contributed by atoms with E-state index >= 15 is 0 Å². The fraction of sp³-hybridized carbons (Fsp3) is 0.286. The molecule has 0 fully saturated rings. The van der Waals surface area contributed by atoms with E-state index in [1.165, 1.54) is 17.8 Å². The Balaban J connectivity index is 2.59. The quantitative estimate of drug-likeness (QED) is 0.760. The van der Waals surface area contributed by atoms with E-state index in [0.29, 0.717) is 17.2 Å². The van der Waals surface area contributed by atoms with E-state index < -0.39 is 17.9 Å². The minimum Gasteiger partial charge on any atom is -0.480 e. The number of halogens is 1. The summed E-state index contributed by atoms with van der Waals surface area (Å²) in [5.41, 5.74) is 0.781. The van der Waals surface area contributed by atoms with Crippen LogP contribution in [-0.4, -0.2) is 35.0 Å². The molecule has 0 saturated carbocycles. The molecule has 0 aromatic heterocycles. The predicted molar refractivity (Wildman–Crippen MR) is 83.1 cm³/mol. The number of hydrogen-bond acceptors (Lipinski definition) is 3. The molecule has 0 saturated heterocycles. The van der Waals surface area contributed by atoms with Gasteiger partial charge in [0.15, 0.2) is 0 Å². The minimum absolute atomic E-state index is 0.396. The Morgan fingerprint density at radius 2 is 2.25 bits per heavy atom. The fourth-order valence-electron chi connectivity index (χ4n) is 1.50. The fourth-order valence-corrected chi connectivity index (χ4v) is 2.17. The monoisotopic (exact) mass is 313 g/mol. The van der Waals surface area contributed by atoms with Crippen molar-refractivity contribution in [2.75, 3.05) is 12.0 Å². The van der Waals surface area contributed by atoms with Gasteiger partial charge in [-0.1, -0.05) is 23.7 Å². The Bertz CT molecular complexity index is 505. The number of carboxylic acid groups (broad SMARTS) is 1. The van der Waals surface area contributed by atoms with E-state index in [2.05, 4.69) is 5.32 Å². The van der Waals surface area contributed by atoms with Crippen molar-refractivity contribution in [1.29, 1.82) is 0 Å². The lowest BCUT2D eigenvalue weighted by Crippen LogP contribution is -2.40. The lowest BCUT2D eigenvalue weighted by Gasteiger charge is -2.12. The normalized spacial score (nSPS) is 12.3. The van der Waals surface area contributed by atoms with Crippen LogP contribution in [0.5, 0.6) is 0 Å². The SMILES string of the molecule is CSCCC(NC(=O)/C=C/c1cccc(Cl)c1)C(=O)O. The first-order chi connectivity index (χ1) is 9.52. The van der Waals surface area contributed by atoms with Crippen molar-refractivity contribution in [3.05, 3.63) is 40.9 Å². The molecule has 1 atom stereocenters. The first-order valence-corrected chi connectivity index (χ1v) is 7.76. The molecule has 0 spiro atoms. The molecule has 2 N–H and O–H groups in total. The highest BCUT2D eigenvalue weighted by Gasteiger charge is 2.17. The zero-order valence-electron chi connectivity index (χ0n) is 11.0. The van der Waals surface area contributed by atoms with Crippen LogP contribution in [-0.2, 0) is 9.59 Å². The first-order valence-electron chi connectivity index (χ1n) is 5.99. The number of nitrogens with one attached hydrogen (secondary N) is 1. The average Bonchev–Trinajstić information content (AvgIpc) is 2.41. The van der Waals surface area contributed by atoms with Gasteiger partial charge in [0, 0.05) is 11.1 Å². The number of thioether (sulfide) groups is 1. The molecule has 20 heavy (non-hydrogen) atoms. The predicted octanol–water partition coefficient (Wildman–Crippen LogP) is 2.68. The maximum atomic E-state index is 11.7. The third-order valence-corrected chi connectivity index (χ3v) is 3.38. The second-order valence-electron chi connectivity index (χ2n) is 4.07. The molecular weight excluding hydrogens is 298 g/mol. The van der Waals surface area contributed by atoms with Crippen LogP contribution in [0.2, 0.25) is 5.02 Å². The van der Waals surface area contributed by atoms with Gasteiger partial charge in [0.2, 0.25) is 5.91 Å². The van der Waals surface area contributed by atoms with Crippen molar-refractivity contribution in [2.45, 2.75) is 12.5 Å². The summed E-state index contributed by atoms with van der Waals surface area (Å²) in [6.07, 6.45) is 5.18. The van der Waals surface area contributed by atoms with E-state index in [0.717, 1.165) is 5.56 Å². The summed E-state index contributed by atoms with van der Waals surface area (Å²) in [5.74, 6) is -0.781. The Morgan fingerprint density at radius 1 is 1.50 bits per heavy atom. The topological polar surface area (TPSA) is 66.4 Å². The van der Waals surface area contributed by atoms with Gasteiger partial charge >= 0.3 is 5.97 Å². The summed E-state index contributed by atoms with van der Waals surface area (Å²) < 4.78 is 0. The number of amides is 1. The van der Waals surface area contributed by atoms with Gasteiger partial charge in [-0.25, -0.2) is 4.79 Å². The van der Waals surface area contributed by atoms with E-state index in [1.807, 2.05) is 6.26 Å². The Hall–Kier alpha value is -1.46. The van der Waals surface area contributed by atoms with Crippen LogP contribution in [0.4, 0.5) is 0 Å². The van der Waals surface area contributed by atoms with Crippen molar-refractivity contribution < 1.29 is 14.7 Å². The molecule has 0 aliphatic rings. The largest absolute Gasteiger partial charge is 0.480 e. The number of hydrogen-bond donors (Lipinski definition) is 2. The maximum Gasteiger partial charge on any atom is 0.326 e. The van der Waals surface area contributed by atoms with Crippen molar-refractivity contribution in [3.8, 4) is 0 Å². The van der Waals surface area contributed by atoms with Gasteiger partial charge in [-0.15, -0.1) is 0 Å². The second-order valence-corrected chi connectivity index (χ2v) is 5.49. The van der Waals surface area contributed by atoms with Gasteiger partial charge in [0.05, 0.1) is 0 Å². The Kier molecular flexibility index (Phi) is 7.18. The van der Waals surface area contributed by atoms with Crippen molar-refractivity contribution in [1.82, 2.24) is 5.32 Å². The highest BCUT2D eigenvalue weighted by atomic mass is 35.5. The zero-order valence-corrected chi connectivity index (χ0v) is 12.6. The van der Waals surface area contributed by atoms with Crippen molar-refractivity contribution >= 4 is 41.3 Å². The van der Waals surface area contributed by atoms with Gasteiger partial charge in [-0.2, -0.15) is 11.8 Å². The molecule has 108 valence electrons. The molecule has 0 bridgehead atoms. The van der Waals surface area contributed by atoms with Crippen LogP contribution in [0.3, 0.4) is 0 Å². The van der Waals surface area contributed by atoms with Gasteiger partial charge < -0.3 is 10.4 Å². The van der Waals surface area contributed by atoms with Crippen molar-refractivity contribution in [3.63, 3.8) is 0 Å². The number of rotatable bonds is 7. The van der Waals surface area contributed by atoms with Crippen LogP contribution in [0.15, 0.2) is 30.3 Å². The molecule has 1 unspecified atom stereocenters. The third kappa shape index (κ3) is 6.12. The van der Waals surface area contributed by atoms with Crippen LogP contribution < -0.4 is 5.32 Å². The summed E-state index contributed by atoms with van der Waals surface area (Å²) in [6.45, 7) is 0. The Morgan fingerprint density at radius 3 is 2.85 bits per heavy atom. The molecule has 6 heteroatoms. The molecule has 1 rings (SSSR count). The van der Waals surface area contributed by atoms with Crippen molar-refractivity contribution in [2.24, 2.45) is 0 Å². The molecule has 0 heterocycles. The number of aliphatic carboxylic acids is 1. The third-order valence-electron chi connectivity index (χ3n) is 2.50. The van der Waals surface area contributed by atoms with Gasteiger partial charge in [0.25, 0.3) is 0 Å². The standard InChI is InChI=1S/C14H16ClNO3S/c1-20-8-7-12(14(18)19)16-13(17)6-5-10-3-2-4-11(15)9-10/h2-6,9,12H,7-8H2,1H3,(H,16,17)(H,18,19)/b6-5+. The van der Waals surface area contributed by atoms with Crippen LogP contribution in [0, 0.1) is 0 Å². The average molecular weight is 314 g/mol. The molecular formula is C14H16ClNO3S. The highest BCUT2D eigenvalue weighted by molar-refractivity contribution is 7.98. The molecule has 4 nitrogen and oxygen atoms in total. The lowest BCUT2D eigenvalue weighted by molar-refractivity contribution is -0.141. The summed E-state index contributed by atoms with van der Waals surface area (Å²) in [4.78, 5) is 22.7. The molecule has 0 aliphatic carbocycles. The Labute approximate surface area is 127 Å². The van der Waals surface area contributed by atoms with E-state index in [-0.39, 0.29) is 0 Å². The molecule has 0 radical (unpaired) electrons. The molecule has 1 aromatic carbocycles. The van der Waals surface area contributed by atoms with E-state index in [9.17, 15) is 9.59 Å². The molecule has 1 aromatic rings. The van der Waals surface area contributed by atoms with Crippen LogP contribution in [0.1, 0.15) is 12.0 Å². The highest BCUT2D eigenvalue weighted by Crippen LogP contribution is 2.11. The first kappa shape index (κ1) is 16.6. The summed E-state index contributed by atoms with van der Waals surface area (Å²) in [7, 11) is 0. The number of benzene rings is 1. The van der Waals surface area contributed by atoms with Gasteiger partial charge in [-0.3, -0.25) is 4.79 Å². The lowest BCUT2D eigenvalue weighted by atomic mass is 10.2. The molecule has 1 amide bonds. The van der Waals surface area contributed by atoms with E-state index in [1.54, 1.807) is 30.3 Å². The summed E-state index contributed by atoms with van der Waals surface area (Å²) in [6, 6.07) is 6.17. The van der Waals surface area contributed by atoms with Crippen LogP contribution >= 0.6 is 23.4 Å². The van der Waals surface area contributed by atoms with Gasteiger partial charge in [-0.05, 0) is 42.2 Å². The second kappa shape index (κ2) is 8.66. The zero-order chi connectivity index (χ0) is 15.0. The smallest absolute Gasteiger partial charge is 0.326 e. The number of carbonyl (C=O) groups excluding carboxylic acids is 1. The maximum absolute atomic E-state index is 11.7. The summed E-state index contributed by atoms with van der Waals surface area (Å²) in [5, 5.41) is 12.0. The van der Waals surface area contributed by atoms with E-state index in [4.69, 9.17) is 16.7 Å². The van der Waals surface area contributed by atoms with Gasteiger partial charge in [0.1, 0.15) is 6.04 Å². The van der Waals surface area contributed by atoms with Crippen LogP contribution in [0.25, 0.3) is 6.08 Å².